The van der Waals surface area contributed by atoms with Gasteiger partial charge in [-0.2, -0.15) is 0 Å². The van der Waals surface area contributed by atoms with Crippen molar-refractivity contribution in [2.24, 2.45) is 0 Å². The molecule has 2 aromatic carbocycles. The van der Waals surface area contributed by atoms with Gasteiger partial charge in [-0.1, -0.05) is 30.3 Å². The van der Waals surface area contributed by atoms with Crippen LogP contribution in [-0.2, 0) is 4.79 Å². The van der Waals surface area contributed by atoms with Gasteiger partial charge in [0.05, 0.1) is 12.3 Å². The number of aliphatic hydroxyl groups is 1. The lowest BCUT2D eigenvalue weighted by Gasteiger charge is -2.29. The Bertz CT molecular complexity index is 1170. The summed E-state index contributed by atoms with van der Waals surface area (Å²) in [4.78, 5) is 16.8. The van der Waals surface area contributed by atoms with Crippen molar-refractivity contribution in [3.63, 3.8) is 0 Å². The van der Waals surface area contributed by atoms with Gasteiger partial charge >= 0.3 is 0 Å². The van der Waals surface area contributed by atoms with E-state index in [0.717, 1.165) is 5.56 Å². The van der Waals surface area contributed by atoms with E-state index in [0.29, 0.717) is 52.6 Å². The predicted molar refractivity (Wildman–Crippen MR) is 118 cm³/mol. The van der Waals surface area contributed by atoms with E-state index in [1.165, 1.54) is 12.3 Å². The molecular weight excluding hydrogens is 411 g/mol. The van der Waals surface area contributed by atoms with E-state index in [9.17, 15) is 14.3 Å². The zero-order valence-corrected chi connectivity index (χ0v) is 18.0. The van der Waals surface area contributed by atoms with Crippen LogP contribution in [0.15, 0.2) is 53.6 Å². The molecule has 1 aliphatic rings. The number of rotatable bonds is 6. The van der Waals surface area contributed by atoms with Gasteiger partial charge in [0.2, 0.25) is 5.89 Å². The number of nitrogens with one attached hydrogen (secondary N) is 1. The van der Waals surface area contributed by atoms with Gasteiger partial charge in [0, 0.05) is 29.7 Å². The van der Waals surface area contributed by atoms with Crippen molar-refractivity contribution >= 4 is 11.5 Å². The van der Waals surface area contributed by atoms with Crippen LogP contribution in [0.2, 0.25) is 0 Å². The van der Waals surface area contributed by atoms with Crippen LogP contribution in [0.25, 0.3) is 16.9 Å². The number of benzene rings is 2. The first kappa shape index (κ1) is 21.8. The van der Waals surface area contributed by atoms with Crippen LogP contribution in [0, 0.1) is 19.7 Å². The van der Waals surface area contributed by atoms with Crippen molar-refractivity contribution in [3.05, 3.63) is 77.6 Å². The van der Waals surface area contributed by atoms with Gasteiger partial charge in [-0.25, -0.2) is 9.37 Å². The highest BCUT2D eigenvalue weighted by atomic mass is 19.1. The third-order valence-corrected chi connectivity index (χ3v) is 5.51. The monoisotopic (exact) mass is 436 g/mol. The van der Waals surface area contributed by atoms with E-state index in [1.54, 1.807) is 25.1 Å². The highest BCUT2D eigenvalue weighted by Crippen LogP contribution is 2.35. The highest BCUT2D eigenvalue weighted by molar-refractivity contribution is 5.81. The van der Waals surface area contributed by atoms with Crippen molar-refractivity contribution in [1.82, 2.24) is 10.3 Å². The molecule has 0 bridgehead atoms. The van der Waals surface area contributed by atoms with Crippen LogP contribution >= 0.6 is 0 Å². The van der Waals surface area contributed by atoms with E-state index in [1.807, 2.05) is 19.1 Å². The van der Waals surface area contributed by atoms with Crippen LogP contribution in [0.1, 0.15) is 41.5 Å². The number of ether oxygens (including phenoxy) is 1. The molecule has 0 saturated heterocycles. The molecule has 6 nitrogen and oxygen atoms in total. The van der Waals surface area contributed by atoms with E-state index in [2.05, 4.69) is 16.9 Å². The van der Waals surface area contributed by atoms with Gasteiger partial charge in [-0.05, 0) is 44.0 Å². The lowest BCUT2D eigenvalue weighted by Crippen LogP contribution is -2.41. The zero-order chi connectivity index (χ0) is 22.8. The first-order chi connectivity index (χ1) is 15.3. The molecule has 1 unspecified atom stereocenters. The number of hydrogen-bond donors (Lipinski definition) is 2. The van der Waals surface area contributed by atoms with E-state index in [-0.39, 0.29) is 18.1 Å². The molecule has 7 heteroatoms. The molecule has 0 fully saturated rings. The lowest BCUT2D eigenvalue weighted by atomic mass is 9.97. The molecule has 0 saturated carbocycles. The normalized spacial score (nSPS) is 17.4. The van der Waals surface area contributed by atoms with Gasteiger partial charge in [0.25, 0.3) is 5.91 Å². The largest absolute Gasteiger partial charge is 0.480 e. The Morgan fingerprint density at radius 1 is 1.28 bits per heavy atom. The number of aromatic nitrogens is 1. The van der Waals surface area contributed by atoms with Crippen LogP contribution in [-0.4, -0.2) is 28.6 Å². The Morgan fingerprint density at radius 2 is 2.09 bits per heavy atom. The van der Waals surface area contributed by atoms with Crippen LogP contribution < -0.4 is 10.1 Å². The average Bonchev–Trinajstić information content (AvgIpc) is 3.26. The van der Waals surface area contributed by atoms with Crippen molar-refractivity contribution in [2.45, 2.75) is 38.9 Å². The van der Waals surface area contributed by atoms with Crippen LogP contribution in [0.4, 0.5) is 4.39 Å². The summed E-state index contributed by atoms with van der Waals surface area (Å²) in [5.41, 5.74) is 3.48. The number of aliphatic hydroxyl groups excluding tert-OH is 1. The molecule has 32 heavy (non-hydrogen) atoms. The van der Waals surface area contributed by atoms with Gasteiger partial charge in [0.15, 0.2) is 11.9 Å². The minimum atomic E-state index is -0.766. The fraction of sp³-hybridized carbons (Fsp3) is 0.280. The second kappa shape index (κ2) is 8.96. The molecule has 0 aliphatic carbocycles. The number of carbonyl (C=O) groups excluding carboxylic acids is 1. The van der Waals surface area contributed by atoms with Crippen molar-refractivity contribution in [3.8, 4) is 17.1 Å². The number of oxazole rings is 1. The van der Waals surface area contributed by atoms with Gasteiger partial charge in [-0.15, -0.1) is 0 Å². The molecule has 1 aliphatic heterocycles. The molecule has 2 atom stereocenters. The zero-order valence-electron chi connectivity index (χ0n) is 18.0. The summed E-state index contributed by atoms with van der Waals surface area (Å²) >= 11 is 0. The van der Waals surface area contributed by atoms with Crippen molar-refractivity contribution in [2.75, 3.05) is 6.54 Å². The van der Waals surface area contributed by atoms with Gasteiger partial charge in [-0.3, -0.25) is 4.79 Å². The summed E-state index contributed by atoms with van der Waals surface area (Å²) in [6, 6.07) is 10.4. The summed E-state index contributed by atoms with van der Waals surface area (Å²) in [6.45, 7) is 7.91. The number of hydrogen-bond acceptors (Lipinski definition) is 5. The standard InChI is InChI=1S/C25H25FN2O4/c1-14-4-7-21-18(10-14)20(29)12-22(31-21)24(30)27-9-8-16(3)25-28-13-23(32-25)17-6-5-15(2)19(26)11-17/h4-7,10-11,13,20,22,29H,3,8-9,12H2,1-2H3,(H,27,30)/t20-,22?/m1/s1. The van der Waals surface area contributed by atoms with E-state index in [4.69, 9.17) is 9.15 Å². The molecule has 2 N–H and O–H groups in total. The first-order valence-electron chi connectivity index (χ1n) is 10.5. The number of halogens is 1. The van der Waals surface area contributed by atoms with Crippen molar-refractivity contribution in [1.29, 1.82) is 0 Å². The second-order valence-corrected chi connectivity index (χ2v) is 8.04. The molecule has 0 radical (unpaired) electrons. The van der Waals surface area contributed by atoms with Gasteiger partial charge < -0.3 is 19.6 Å². The number of nitrogens with zero attached hydrogens (tertiary/aromatic N) is 1. The first-order valence-corrected chi connectivity index (χ1v) is 10.5. The Labute approximate surface area is 185 Å². The lowest BCUT2D eigenvalue weighted by molar-refractivity contribution is -0.130. The van der Waals surface area contributed by atoms with Crippen LogP contribution in [0.3, 0.4) is 0 Å². The Morgan fingerprint density at radius 3 is 2.88 bits per heavy atom. The van der Waals surface area contributed by atoms with E-state index < -0.39 is 12.2 Å². The maximum atomic E-state index is 13.8. The molecule has 2 heterocycles. The molecule has 0 spiro atoms. The molecule has 3 aromatic rings. The Kier molecular flexibility index (Phi) is 6.10. The van der Waals surface area contributed by atoms with Crippen molar-refractivity contribution < 1.29 is 23.4 Å². The quantitative estimate of drug-likeness (QED) is 0.594. The number of fused-ring (bicyclic) bond motifs is 1. The van der Waals surface area contributed by atoms with Gasteiger partial charge in [0.1, 0.15) is 11.6 Å². The topological polar surface area (TPSA) is 84.6 Å². The SMILES string of the molecule is C=C(CCNC(=O)C1C[C@@H](O)c2cc(C)ccc2O1)c1ncc(-c2ccc(C)c(F)c2)o1. The summed E-state index contributed by atoms with van der Waals surface area (Å²) in [7, 11) is 0. The molecule has 1 aromatic heterocycles. The van der Waals surface area contributed by atoms with Crippen LogP contribution in [0.5, 0.6) is 5.75 Å². The third kappa shape index (κ3) is 4.57. The maximum Gasteiger partial charge on any atom is 0.261 e. The molecule has 166 valence electrons. The second-order valence-electron chi connectivity index (χ2n) is 8.04. The summed E-state index contributed by atoms with van der Waals surface area (Å²) in [5.74, 6) is 0.700. The number of carbonyl (C=O) groups is 1. The van der Waals surface area contributed by atoms with E-state index >= 15 is 0 Å². The highest BCUT2D eigenvalue weighted by Gasteiger charge is 2.31. The Balaban J connectivity index is 1.31. The number of aryl methyl sites for hydroxylation is 2. The molecule has 4 rings (SSSR count). The maximum absolute atomic E-state index is 13.8. The number of amides is 1. The minimum absolute atomic E-state index is 0.194. The predicted octanol–water partition coefficient (Wildman–Crippen LogP) is 4.50. The summed E-state index contributed by atoms with van der Waals surface area (Å²) < 4.78 is 25.3. The fourth-order valence-corrected chi connectivity index (χ4v) is 3.60. The average molecular weight is 436 g/mol. The fourth-order valence-electron chi connectivity index (χ4n) is 3.60. The summed E-state index contributed by atoms with van der Waals surface area (Å²) in [5, 5.41) is 13.2. The minimum Gasteiger partial charge on any atom is -0.480 e. The molecule has 1 amide bonds. The molecular formula is C25H25FN2O4. The third-order valence-electron chi connectivity index (χ3n) is 5.51. The smallest absolute Gasteiger partial charge is 0.261 e. The Hall–Kier alpha value is -3.45. The summed E-state index contributed by atoms with van der Waals surface area (Å²) in [6.07, 6.45) is 0.623.